The summed E-state index contributed by atoms with van der Waals surface area (Å²) in [5.41, 5.74) is 1.28. The Morgan fingerprint density at radius 2 is 1.57 bits per heavy atom. The number of benzene rings is 3. The summed E-state index contributed by atoms with van der Waals surface area (Å²) in [5.74, 6) is 2.41. The second kappa shape index (κ2) is 10.3. The Balaban J connectivity index is 1.52. The van der Waals surface area contributed by atoms with Crippen molar-refractivity contribution in [1.29, 1.82) is 0 Å². The Hall–Kier alpha value is -3.51. The molecule has 156 valence electrons. The summed E-state index contributed by atoms with van der Waals surface area (Å²) in [6.07, 6.45) is -0.388. The molecule has 0 heterocycles. The molecule has 0 saturated heterocycles. The molecule has 6 nitrogen and oxygen atoms in total. The normalized spacial score (nSPS) is 11.4. The van der Waals surface area contributed by atoms with Crippen molar-refractivity contribution < 1.29 is 24.1 Å². The van der Waals surface area contributed by atoms with E-state index in [1.807, 2.05) is 30.3 Å². The molecule has 0 radical (unpaired) electrons. The lowest BCUT2D eigenvalue weighted by atomic mass is 10.0. The van der Waals surface area contributed by atoms with Crippen molar-refractivity contribution in [3.63, 3.8) is 0 Å². The molecule has 3 aromatic rings. The van der Waals surface area contributed by atoms with Gasteiger partial charge in [-0.05, 0) is 55.0 Å². The first kappa shape index (κ1) is 21.2. The number of ether oxygens (including phenoxy) is 3. The molecule has 0 aliphatic heterocycles. The predicted molar refractivity (Wildman–Crippen MR) is 115 cm³/mol. The summed E-state index contributed by atoms with van der Waals surface area (Å²) < 4.78 is 16.2. The Morgan fingerprint density at radius 3 is 2.23 bits per heavy atom. The first-order chi connectivity index (χ1) is 14.6. The number of aliphatic hydroxyl groups is 1. The van der Waals surface area contributed by atoms with Crippen LogP contribution >= 0.6 is 0 Å². The van der Waals surface area contributed by atoms with Crippen molar-refractivity contribution in [3.05, 3.63) is 78.4 Å². The Bertz CT molecular complexity index is 957. The minimum atomic E-state index is -0.821. The molecule has 0 aliphatic carbocycles. The van der Waals surface area contributed by atoms with E-state index < -0.39 is 6.10 Å². The maximum atomic E-state index is 12.3. The van der Waals surface area contributed by atoms with Gasteiger partial charge < -0.3 is 24.6 Å². The summed E-state index contributed by atoms with van der Waals surface area (Å²) in [7, 11) is 3.10. The number of carbonyl (C=O) groups is 1. The van der Waals surface area contributed by atoms with Crippen LogP contribution in [0.4, 0.5) is 5.69 Å². The zero-order valence-corrected chi connectivity index (χ0v) is 17.0. The number of para-hydroxylation sites is 1. The molecular weight excluding hydrogens is 382 g/mol. The van der Waals surface area contributed by atoms with Crippen LogP contribution < -0.4 is 19.5 Å². The molecule has 0 bridgehead atoms. The zero-order chi connectivity index (χ0) is 21.3. The minimum absolute atomic E-state index is 0.165. The van der Waals surface area contributed by atoms with E-state index >= 15 is 0 Å². The zero-order valence-electron chi connectivity index (χ0n) is 17.0. The summed E-state index contributed by atoms with van der Waals surface area (Å²) in [6.45, 7) is 0. The van der Waals surface area contributed by atoms with E-state index in [-0.39, 0.29) is 18.7 Å². The lowest BCUT2D eigenvalue weighted by molar-refractivity contribution is -0.116. The second-order valence-electron chi connectivity index (χ2n) is 6.65. The maximum absolute atomic E-state index is 12.3. The monoisotopic (exact) mass is 407 g/mol. The smallest absolute Gasteiger partial charge is 0.224 e. The molecule has 3 rings (SSSR count). The minimum Gasteiger partial charge on any atom is -0.497 e. The van der Waals surface area contributed by atoms with Crippen LogP contribution in [0.5, 0.6) is 23.0 Å². The molecule has 0 spiro atoms. The Morgan fingerprint density at radius 1 is 0.900 bits per heavy atom. The van der Waals surface area contributed by atoms with Gasteiger partial charge in [-0.3, -0.25) is 4.79 Å². The fourth-order valence-corrected chi connectivity index (χ4v) is 2.97. The number of amides is 1. The third-order valence-electron chi connectivity index (χ3n) is 4.56. The van der Waals surface area contributed by atoms with E-state index in [1.165, 1.54) is 7.11 Å². The van der Waals surface area contributed by atoms with Gasteiger partial charge >= 0.3 is 0 Å². The van der Waals surface area contributed by atoms with Crippen molar-refractivity contribution in [2.75, 3.05) is 19.5 Å². The van der Waals surface area contributed by atoms with Crippen molar-refractivity contribution in [2.24, 2.45) is 0 Å². The van der Waals surface area contributed by atoms with Gasteiger partial charge in [0.05, 0.1) is 20.3 Å². The number of anilines is 1. The van der Waals surface area contributed by atoms with Crippen LogP contribution in [-0.4, -0.2) is 25.2 Å². The van der Waals surface area contributed by atoms with E-state index in [4.69, 9.17) is 14.2 Å². The van der Waals surface area contributed by atoms with E-state index in [0.717, 1.165) is 5.75 Å². The Labute approximate surface area is 176 Å². The summed E-state index contributed by atoms with van der Waals surface area (Å²) in [5, 5.41) is 13.3. The van der Waals surface area contributed by atoms with Gasteiger partial charge in [0, 0.05) is 23.7 Å². The molecule has 0 saturated carbocycles. The third kappa shape index (κ3) is 5.75. The molecule has 0 fully saturated rings. The van der Waals surface area contributed by atoms with Crippen LogP contribution in [0, 0.1) is 0 Å². The van der Waals surface area contributed by atoms with Gasteiger partial charge in [-0.25, -0.2) is 0 Å². The number of hydrogen-bond acceptors (Lipinski definition) is 5. The molecule has 30 heavy (non-hydrogen) atoms. The highest BCUT2D eigenvalue weighted by Crippen LogP contribution is 2.31. The molecule has 1 amide bonds. The van der Waals surface area contributed by atoms with Crippen LogP contribution in [0.1, 0.15) is 24.5 Å². The summed E-state index contributed by atoms with van der Waals surface area (Å²) in [4.78, 5) is 12.3. The number of aliphatic hydroxyl groups excluding tert-OH is 1. The second-order valence-corrected chi connectivity index (χ2v) is 6.65. The summed E-state index contributed by atoms with van der Waals surface area (Å²) in [6, 6.07) is 21.8. The highest BCUT2D eigenvalue weighted by Gasteiger charge is 2.16. The van der Waals surface area contributed by atoms with Gasteiger partial charge in [0.25, 0.3) is 0 Å². The SMILES string of the molecule is COc1ccc(C(O)CCC(=O)Nc2ccc(Oc3ccccc3)cc2)c(OC)c1. The molecule has 2 N–H and O–H groups in total. The molecule has 3 aromatic carbocycles. The van der Waals surface area contributed by atoms with Gasteiger partial charge in [-0.2, -0.15) is 0 Å². The van der Waals surface area contributed by atoms with Gasteiger partial charge in [0.15, 0.2) is 0 Å². The topological polar surface area (TPSA) is 77.0 Å². The Kier molecular flexibility index (Phi) is 7.29. The fourth-order valence-electron chi connectivity index (χ4n) is 2.97. The van der Waals surface area contributed by atoms with Gasteiger partial charge in [-0.15, -0.1) is 0 Å². The van der Waals surface area contributed by atoms with Gasteiger partial charge in [-0.1, -0.05) is 18.2 Å². The molecule has 0 aromatic heterocycles. The number of carbonyl (C=O) groups excluding carboxylic acids is 1. The van der Waals surface area contributed by atoms with Crippen molar-refractivity contribution in [3.8, 4) is 23.0 Å². The third-order valence-corrected chi connectivity index (χ3v) is 4.56. The van der Waals surface area contributed by atoms with Crippen LogP contribution in [0.15, 0.2) is 72.8 Å². The molecule has 6 heteroatoms. The standard InChI is InChI=1S/C24H25NO5/c1-28-20-12-13-21(23(16-20)29-2)22(26)14-15-24(27)25-17-8-10-19(11-9-17)30-18-6-4-3-5-7-18/h3-13,16,22,26H,14-15H2,1-2H3,(H,25,27). The van der Waals surface area contributed by atoms with E-state index in [0.29, 0.717) is 28.5 Å². The van der Waals surface area contributed by atoms with Crippen LogP contribution in [0.25, 0.3) is 0 Å². The van der Waals surface area contributed by atoms with Gasteiger partial charge in [0.1, 0.15) is 23.0 Å². The first-order valence-electron chi connectivity index (χ1n) is 9.62. The highest BCUT2D eigenvalue weighted by atomic mass is 16.5. The van der Waals surface area contributed by atoms with Crippen molar-refractivity contribution >= 4 is 11.6 Å². The number of rotatable bonds is 9. The predicted octanol–water partition coefficient (Wildman–Crippen LogP) is 4.95. The molecule has 0 aliphatic rings. The largest absolute Gasteiger partial charge is 0.497 e. The fraction of sp³-hybridized carbons (Fsp3) is 0.208. The van der Waals surface area contributed by atoms with E-state index in [1.54, 1.807) is 49.6 Å². The maximum Gasteiger partial charge on any atom is 0.224 e. The summed E-state index contributed by atoms with van der Waals surface area (Å²) >= 11 is 0. The lowest BCUT2D eigenvalue weighted by Gasteiger charge is -2.15. The quantitative estimate of drug-likeness (QED) is 0.525. The van der Waals surface area contributed by atoms with Crippen molar-refractivity contribution in [2.45, 2.75) is 18.9 Å². The van der Waals surface area contributed by atoms with Crippen LogP contribution in [-0.2, 0) is 4.79 Å². The first-order valence-corrected chi connectivity index (χ1v) is 9.62. The number of hydrogen-bond donors (Lipinski definition) is 2. The van der Waals surface area contributed by atoms with E-state index in [2.05, 4.69) is 5.32 Å². The number of methoxy groups -OCH3 is 2. The van der Waals surface area contributed by atoms with E-state index in [9.17, 15) is 9.90 Å². The molecule has 1 unspecified atom stereocenters. The van der Waals surface area contributed by atoms with Crippen LogP contribution in [0.3, 0.4) is 0 Å². The van der Waals surface area contributed by atoms with Crippen molar-refractivity contribution in [1.82, 2.24) is 0 Å². The average molecular weight is 407 g/mol. The van der Waals surface area contributed by atoms with Crippen LogP contribution in [0.2, 0.25) is 0 Å². The number of nitrogens with one attached hydrogen (secondary N) is 1. The van der Waals surface area contributed by atoms with Gasteiger partial charge in [0.2, 0.25) is 5.91 Å². The molecule has 1 atom stereocenters. The molecular formula is C24H25NO5. The average Bonchev–Trinajstić information content (AvgIpc) is 2.79. The highest BCUT2D eigenvalue weighted by molar-refractivity contribution is 5.90. The lowest BCUT2D eigenvalue weighted by Crippen LogP contribution is -2.13.